The molecule has 0 spiro atoms. The van der Waals surface area contributed by atoms with Gasteiger partial charge in [0.05, 0.1) is 17.9 Å². The lowest BCUT2D eigenvalue weighted by Gasteiger charge is -2.17. The van der Waals surface area contributed by atoms with E-state index in [0.717, 1.165) is 0 Å². The zero-order valence-corrected chi connectivity index (χ0v) is 8.43. The molecule has 0 saturated heterocycles. The SMILES string of the molecule is NCc1ncc(C(F)F)c(CO)c1C(F)(F)F. The fraction of sp³-hybridized carbons (Fsp3) is 0.444. The van der Waals surface area contributed by atoms with E-state index in [1.54, 1.807) is 0 Å². The minimum atomic E-state index is -4.88. The summed E-state index contributed by atoms with van der Waals surface area (Å²) in [5.41, 5.74) is 1.32. The minimum absolute atomic E-state index is 0.550. The fourth-order valence-corrected chi connectivity index (χ4v) is 1.46. The normalized spacial score (nSPS) is 12.2. The fourth-order valence-electron chi connectivity index (χ4n) is 1.46. The molecule has 1 aromatic heterocycles. The summed E-state index contributed by atoms with van der Waals surface area (Å²) in [6.45, 7) is -1.70. The van der Waals surface area contributed by atoms with Crippen molar-refractivity contribution in [1.82, 2.24) is 4.98 Å². The number of aliphatic hydroxyl groups excluding tert-OH is 1. The highest BCUT2D eigenvalue weighted by atomic mass is 19.4. The molecule has 1 rings (SSSR count). The average molecular weight is 256 g/mol. The predicted octanol–water partition coefficient (Wildman–Crippen LogP) is 1.99. The molecule has 96 valence electrons. The lowest BCUT2D eigenvalue weighted by Crippen LogP contribution is -2.19. The molecule has 0 aliphatic rings. The first-order valence-electron chi connectivity index (χ1n) is 4.49. The van der Waals surface area contributed by atoms with Crippen LogP contribution in [0.25, 0.3) is 0 Å². The molecule has 0 aromatic carbocycles. The summed E-state index contributed by atoms with van der Waals surface area (Å²) < 4.78 is 63.0. The molecule has 0 fully saturated rings. The summed E-state index contributed by atoms with van der Waals surface area (Å²) in [5, 5.41) is 8.83. The van der Waals surface area contributed by atoms with Gasteiger partial charge in [0.25, 0.3) is 6.43 Å². The molecule has 0 radical (unpaired) electrons. The summed E-state index contributed by atoms with van der Waals surface area (Å²) in [4.78, 5) is 3.26. The van der Waals surface area contributed by atoms with Gasteiger partial charge in [-0.25, -0.2) is 8.78 Å². The molecule has 3 N–H and O–H groups in total. The number of pyridine rings is 1. The summed E-state index contributed by atoms with van der Waals surface area (Å²) in [5.74, 6) is 0. The second-order valence-electron chi connectivity index (χ2n) is 3.17. The highest BCUT2D eigenvalue weighted by Gasteiger charge is 2.38. The van der Waals surface area contributed by atoms with E-state index in [-0.39, 0.29) is 0 Å². The van der Waals surface area contributed by atoms with Gasteiger partial charge in [-0.05, 0) is 0 Å². The molecule has 0 amide bonds. The molecule has 0 saturated carbocycles. The number of nitrogens with two attached hydrogens (primary N) is 1. The zero-order valence-electron chi connectivity index (χ0n) is 8.43. The molecule has 17 heavy (non-hydrogen) atoms. The zero-order chi connectivity index (χ0) is 13.2. The summed E-state index contributed by atoms with van der Waals surface area (Å²) in [6.07, 6.45) is -7.42. The van der Waals surface area contributed by atoms with Gasteiger partial charge in [-0.15, -0.1) is 0 Å². The van der Waals surface area contributed by atoms with Gasteiger partial charge in [-0.3, -0.25) is 4.98 Å². The first-order chi connectivity index (χ1) is 7.82. The standard InChI is InChI=1S/C9H9F5N2O/c10-8(11)4-2-16-6(1-15)7(5(4)3-17)9(12,13)14/h2,8,17H,1,3,15H2. The van der Waals surface area contributed by atoms with E-state index in [9.17, 15) is 22.0 Å². The Bertz CT molecular complexity index is 405. The Morgan fingerprint density at radius 1 is 1.35 bits per heavy atom. The van der Waals surface area contributed by atoms with E-state index < -0.39 is 48.1 Å². The highest BCUT2D eigenvalue weighted by Crippen LogP contribution is 2.37. The van der Waals surface area contributed by atoms with Gasteiger partial charge in [-0.1, -0.05) is 0 Å². The third-order valence-electron chi connectivity index (χ3n) is 2.17. The van der Waals surface area contributed by atoms with Crippen LogP contribution >= 0.6 is 0 Å². The molecule has 1 heterocycles. The predicted molar refractivity (Wildman–Crippen MR) is 48.0 cm³/mol. The van der Waals surface area contributed by atoms with Crippen LogP contribution in [0.2, 0.25) is 0 Å². The van der Waals surface area contributed by atoms with Crippen LogP contribution in [0.15, 0.2) is 6.20 Å². The van der Waals surface area contributed by atoms with E-state index in [2.05, 4.69) is 4.98 Å². The van der Waals surface area contributed by atoms with Crippen LogP contribution in [-0.4, -0.2) is 10.1 Å². The van der Waals surface area contributed by atoms with Gasteiger partial charge in [-0.2, -0.15) is 13.2 Å². The number of alkyl halides is 5. The lowest BCUT2D eigenvalue weighted by molar-refractivity contribution is -0.139. The third-order valence-corrected chi connectivity index (χ3v) is 2.17. The molecular formula is C9H9F5N2O. The van der Waals surface area contributed by atoms with Crippen LogP contribution in [-0.2, 0) is 19.3 Å². The number of aromatic nitrogens is 1. The van der Waals surface area contributed by atoms with Crippen LogP contribution in [0.1, 0.15) is 28.8 Å². The van der Waals surface area contributed by atoms with Crippen molar-refractivity contribution in [3.63, 3.8) is 0 Å². The molecule has 0 aliphatic carbocycles. The van der Waals surface area contributed by atoms with Gasteiger partial charge in [0.1, 0.15) is 0 Å². The smallest absolute Gasteiger partial charge is 0.392 e. The Morgan fingerprint density at radius 3 is 2.29 bits per heavy atom. The first-order valence-corrected chi connectivity index (χ1v) is 4.49. The van der Waals surface area contributed by atoms with Crippen LogP contribution in [0.4, 0.5) is 22.0 Å². The van der Waals surface area contributed by atoms with Crippen LogP contribution in [0.3, 0.4) is 0 Å². The Hall–Kier alpha value is -1.28. The number of halogens is 5. The van der Waals surface area contributed by atoms with Crippen molar-refractivity contribution in [3.8, 4) is 0 Å². The van der Waals surface area contributed by atoms with Crippen LogP contribution in [0, 0.1) is 0 Å². The quantitative estimate of drug-likeness (QED) is 0.813. The number of nitrogens with zero attached hydrogens (tertiary/aromatic N) is 1. The third kappa shape index (κ3) is 2.70. The number of aliphatic hydroxyl groups is 1. The number of hydrogen-bond acceptors (Lipinski definition) is 3. The Labute approximate surface area is 93.1 Å². The maximum absolute atomic E-state index is 12.7. The van der Waals surface area contributed by atoms with Crippen molar-refractivity contribution in [2.75, 3.05) is 0 Å². The Morgan fingerprint density at radius 2 is 1.94 bits per heavy atom. The summed E-state index contributed by atoms with van der Waals surface area (Å²) >= 11 is 0. The molecule has 0 bridgehead atoms. The Balaban J connectivity index is 3.55. The molecule has 8 heteroatoms. The lowest BCUT2D eigenvalue weighted by atomic mass is 10.0. The van der Waals surface area contributed by atoms with Gasteiger partial charge in [0.15, 0.2) is 0 Å². The van der Waals surface area contributed by atoms with Crippen molar-refractivity contribution >= 4 is 0 Å². The topological polar surface area (TPSA) is 59.1 Å². The molecular weight excluding hydrogens is 247 g/mol. The van der Waals surface area contributed by atoms with Gasteiger partial charge < -0.3 is 10.8 Å². The molecule has 0 aliphatic heterocycles. The monoisotopic (exact) mass is 256 g/mol. The molecule has 0 unspecified atom stereocenters. The number of hydrogen-bond donors (Lipinski definition) is 2. The maximum atomic E-state index is 12.7. The number of rotatable bonds is 3. The van der Waals surface area contributed by atoms with E-state index in [0.29, 0.717) is 6.20 Å². The van der Waals surface area contributed by atoms with Crippen molar-refractivity contribution in [1.29, 1.82) is 0 Å². The summed E-state index contributed by atoms with van der Waals surface area (Å²) in [6, 6.07) is 0. The van der Waals surface area contributed by atoms with E-state index in [1.165, 1.54) is 0 Å². The Kier molecular flexibility index (Phi) is 3.99. The van der Waals surface area contributed by atoms with Crippen molar-refractivity contribution in [2.24, 2.45) is 5.73 Å². The molecule has 0 atom stereocenters. The second kappa shape index (κ2) is 4.92. The largest absolute Gasteiger partial charge is 0.418 e. The minimum Gasteiger partial charge on any atom is -0.392 e. The van der Waals surface area contributed by atoms with Gasteiger partial charge in [0, 0.05) is 23.9 Å². The molecule has 1 aromatic rings. The van der Waals surface area contributed by atoms with Crippen molar-refractivity contribution in [3.05, 3.63) is 28.6 Å². The first kappa shape index (κ1) is 13.8. The van der Waals surface area contributed by atoms with E-state index >= 15 is 0 Å². The summed E-state index contributed by atoms with van der Waals surface area (Å²) in [7, 11) is 0. The molecule has 3 nitrogen and oxygen atoms in total. The van der Waals surface area contributed by atoms with E-state index in [4.69, 9.17) is 10.8 Å². The maximum Gasteiger partial charge on any atom is 0.418 e. The average Bonchev–Trinajstić information content (AvgIpc) is 2.25. The van der Waals surface area contributed by atoms with Gasteiger partial charge in [0.2, 0.25) is 0 Å². The van der Waals surface area contributed by atoms with Crippen molar-refractivity contribution < 1.29 is 27.1 Å². The highest BCUT2D eigenvalue weighted by molar-refractivity contribution is 5.39. The van der Waals surface area contributed by atoms with Crippen LogP contribution < -0.4 is 5.73 Å². The van der Waals surface area contributed by atoms with Crippen LogP contribution in [0.5, 0.6) is 0 Å². The second-order valence-corrected chi connectivity index (χ2v) is 3.17. The van der Waals surface area contributed by atoms with E-state index in [1.807, 2.05) is 0 Å². The van der Waals surface area contributed by atoms with Gasteiger partial charge >= 0.3 is 6.18 Å². The van der Waals surface area contributed by atoms with Crippen molar-refractivity contribution in [2.45, 2.75) is 25.8 Å².